The summed E-state index contributed by atoms with van der Waals surface area (Å²) in [6.45, 7) is 0. The molecule has 0 unspecified atom stereocenters. The van der Waals surface area contributed by atoms with E-state index in [1.807, 2.05) is 40.8 Å². The fourth-order valence-electron chi connectivity index (χ4n) is 2.39. The fourth-order valence-corrected chi connectivity index (χ4v) is 3.35. The number of nitrogens with zero attached hydrogens (tertiary/aromatic N) is 2. The van der Waals surface area contributed by atoms with Gasteiger partial charge in [-0.3, -0.25) is 10.3 Å². The molecule has 2 aliphatic heterocycles. The van der Waals surface area contributed by atoms with Crippen LogP contribution in [0.2, 0.25) is 5.02 Å². The van der Waals surface area contributed by atoms with Gasteiger partial charge < -0.3 is 0 Å². The van der Waals surface area contributed by atoms with Gasteiger partial charge in [-0.05, 0) is 42.0 Å². The van der Waals surface area contributed by atoms with Crippen molar-refractivity contribution >= 4 is 56.9 Å². The van der Waals surface area contributed by atoms with Gasteiger partial charge in [-0.2, -0.15) is 0 Å². The second-order valence-electron chi connectivity index (χ2n) is 5.05. The van der Waals surface area contributed by atoms with Crippen molar-refractivity contribution in [3.05, 3.63) is 82.1 Å². The Kier molecular flexibility index (Phi) is 4.99. The standard InChI is InChI=1S/C17H11ClFN3S.BrH/c18-13-5-1-12(2-6-13)16-10-23-17-21-20-15(9-22(16)17)11-3-7-14(19)8-4-11;/h1-10,20H;1H. The van der Waals surface area contributed by atoms with E-state index in [1.165, 1.54) is 12.1 Å². The van der Waals surface area contributed by atoms with Crippen molar-refractivity contribution in [2.75, 3.05) is 0 Å². The Morgan fingerprint density at radius 2 is 1.67 bits per heavy atom. The number of hydrogen-bond donors (Lipinski definition) is 1. The molecular formula is C17H12BrClFN3S. The minimum absolute atomic E-state index is 0. The van der Waals surface area contributed by atoms with E-state index in [2.05, 4.69) is 10.5 Å². The van der Waals surface area contributed by atoms with Crippen LogP contribution in [-0.4, -0.2) is 10.1 Å². The van der Waals surface area contributed by atoms with E-state index in [1.54, 1.807) is 23.9 Å². The van der Waals surface area contributed by atoms with E-state index < -0.39 is 0 Å². The van der Waals surface area contributed by atoms with Crippen LogP contribution in [0.25, 0.3) is 11.4 Å². The van der Waals surface area contributed by atoms with Crippen LogP contribution in [0.5, 0.6) is 0 Å². The third-order valence-electron chi connectivity index (χ3n) is 3.57. The van der Waals surface area contributed by atoms with Crippen molar-refractivity contribution in [3.8, 4) is 0 Å². The van der Waals surface area contributed by atoms with Crippen LogP contribution in [0.1, 0.15) is 11.1 Å². The van der Waals surface area contributed by atoms with Crippen molar-refractivity contribution in [2.24, 2.45) is 5.10 Å². The minimum atomic E-state index is -0.257. The van der Waals surface area contributed by atoms with Crippen LogP contribution in [-0.2, 0) is 0 Å². The van der Waals surface area contributed by atoms with E-state index >= 15 is 0 Å². The zero-order chi connectivity index (χ0) is 15.8. The predicted octanol–water partition coefficient (Wildman–Crippen LogP) is 5.28. The molecule has 2 heterocycles. The minimum Gasteiger partial charge on any atom is -0.291 e. The first kappa shape index (κ1) is 17.1. The number of rotatable bonds is 2. The van der Waals surface area contributed by atoms with Crippen molar-refractivity contribution in [3.63, 3.8) is 0 Å². The van der Waals surface area contributed by atoms with Crippen molar-refractivity contribution in [2.45, 2.75) is 0 Å². The summed E-state index contributed by atoms with van der Waals surface area (Å²) in [5.41, 5.74) is 6.80. The van der Waals surface area contributed by atoms with Crippen LogP contribution in [0, 0.1) is 5.82 Å². The van der Waals surface area contributed by atoms with E-state index in [4.69, 9.17) is 11.6 Å². The van der Waals surface area contributed by atoms with E-state index in [9.17, 15) is 4.39 Å². The molecule has 2 aliphatic rings. The molecule has 3 nitrogen and oxygen atoms in total. The van der Waals surface area contributed by atoms with Gasteiger partial charge in [-0.1, -0.05) is 35.5 Å². The average Bonchev–Trinajstić information content (AvgIpc) is 2.99. The fraction of sp³-hybridized carbons (Fsp3) is 0. The van der Waals surface area contributed by atoms with Gasteiger partial charge in [-0.15, -0.1) is 22.1 Å². The Labute approximate surface area is 158 Å². The lowest BCUT2D eigenvalue weighted by atomic mass is 10.1. The Balaban J connectivity index is 0.00000169. The summed E-state index contributed by atoms with van der Waals surface area (Å²) >= 11 is 7.50. The van der Waals surface area contributed by atoms with Gasteiger partial charge in [0.1, 0.15) is 5.82 Å². The normalized spacial score (nSPS) is 15.6. The molecule has 0 atom stereocenters. The molecule has 2 aromatic carbocycles. The summed E-state index contributed by atoms with van der Waals surface area (Å²) in [7, 11) is 0. The van der Waals surface area contributed by atoms with Gasteiger partial charge in [0.05, 0.1) is 11.4 Å². The highest BCUT2D eigenvalue weighted by Gasteiger charge is 2.26. The maximum Gasteiger partial charge on any atom is 0.196 e. The first-order valence-corrected chi connectivity index (χ1v) is 8.20. The zero-order valence-corrected chi connectivity index (χ0v) is 15.5. The third kappa shape index (κ3) is 3.22. The monoisotopic (exact) mass is 423 g/mol. The third-order valence-corrected chi connectivity index (χ3v) is 4.66. The number of halogens is 3. The highest BCUT2D eigenvalue weighted by atomic mass is 79.9. The number of hydrazone groups is 1. The summed E-state index contributed by atoms with van der Waals surface area (Å²) in [5, 5.41) is 7.98. The van der Waals surface area contributed by atoms with Crippen molar-refractivity contribution in [1.82, 2.24) is 10.3 Å². The second kappa shape index (κ2) is 7.01. The lowest BCUT2D eigenvalue weighted by molar-refractivity contribution is 0.627. The first-order chi connectivity index (χ1) is 11.2. The van der Waals surface area contributed by atoms with Gasteiger partial charge in [0.25, 0.3) is 0 Å². The molecule has 0 amide bonds. The number of nitrogens with one attached hydrogen (secondary N) is 1. The molecule has 0 aliphatic carbocycles. The molecule has 2 aromatic rings. The highest BCUT2D eigenvalue weighted by molar-refractivity contribution is 8.93. The van der Waals surface area contributed by atoms with Crippen LogP contribution < -0.4 is 5.43 Å². The number of fused-ring (bicyclic) bond motifs is 1. The molecule has 0 spiro atoms. The lowest BCUT2D eigenvalue weighted by Gasteiger charge is -2.24. The molecule has 1 N–H and O–H groups in total. The van der Waals surface area contributed by atoms with Crippen molar-refractivity contribution in [1.29, 1.82) is 0 Å². The van der Waals surface area contributed by atoms with Crippen LogP contribution in [0.15, 0.2) is 65.2 Å². The smallest absolute Gasteiger partial charge is 0.196 e. The first-order valence-electron chi connectivity index (χ1n) is 6.94. The summed E-state index contributed by atoms with van der Waals surface area (Å²) < 4.78 is 13.1. The SMILES string of the molecule is Br.Fc1ccc(C2=CN3C(c4ccc(Cl)cc4)=CSC3=NN2)cc1. The Bertz CT molecular complexity index is 847. The van der Waals surface area contributed by atoms with Crippen LogP contribution in [0.4, 0.5) is 4.39 Å². The van der Waals surface area contributed by atoms with E-state index in [0.29, 0.717) is 5.02 Å². The maximum atomic E-state index is 13.1. The van der Waals surface area contributed by atoms with Crippen LogP contribution in [0.3, 0.4) is 0 Å². The summed E-state index contributed by atoms with van der Waals surface area (Å²) in [6.07, 6.45) is 1.97. The summed E-state index contributed by atoms with van der Waals surface area (Å²) in [5.74, 6) is -0.257. The average molecular weight is 425 g/mol. The van der Waals surface area contributed by atoms with Gasteiger partial charge in [0.15, 0.2) is 5.17 Å². The number of thioether (sulfide) groups is 1. The Morgan fingerprint density at radius 3 is 2.38 bits per heavy atom. The number of hydrogen-bond acceptors (Lipinski definition) is 4. The largest absolute Gasteiger partial charge is 0.291 e. The van der Waals surface area contributed by atoms with Gasteiger partial charge in [-0.25, -0.2) is 4.39 Å². The van der Waals surface area contributed by atoms with Gasteiger partial charge in [0.2, 0.25) is 0 Å². The topological polar surface area (TPSA) is 27.6 Å². The lowest BCUT2D eigenvalue weighted by Crippen LogP contribution is -2.26. The Hall–Kier alpha value is -1.76. The quantitative estimate of drug-likeness (QED) is 0.711. The number of amidine groups is 1. The molecule has 24 heavy (non-hydrogen) atoms. The van der Waals surface area contributed by atoms with Crippen LogP contribution >= 0.6 is 40.3 Å². The molecule has 0 radical (unpaired) electrons. The maximum absolute atomic E-state index is 13.1. The van der Waals surface area contributed by atoms with E-state index in [0.717, 1.165) is 27.7 Å². The molecule has 0 aromatic heterocycles. The Morgan fingerprint density at radius 1 is 1.00 bits per heavy atom. The predicted molar refractivity (Wildman–Crippen MR) is 104 cm³/mol. The van der Waals surface area contributed by atoms with Gasteiger partial charge in [0, 0.05) is 22.2 Å². The zero-order valence-electron chi connectivity index (χ0n) is 12.2. The molecule has 122 valence electrons. The molecular weight excluding hydrogens is 413 g/mol. The van der Waals surface area contributed by atoms with E-state index in [-0.39, 0.29) is 22.8 Å². The summed E-state index contributed by atoms with van der Waals surface area (Å²) in [4.78, 5) is 2.02. The molecule has 0 fully saturated rings. The highest BCUT2D eigenvalue weighted by Crippen LogP contribution is 2.36. The van der Waals surface area contributed by atoms with Gasteiger partial charge >= 0.3 is 0 Å². The van der Waals surface area contributed by atoms with Crippen molar-refractivity contribution < 1.29 is 4.39 Å². The molecule has 7 heteroatoms. The molecule has 0 saturated heterocycles. The second-order valence-corrected chi connectivity index (χ2v) is 6.33. The summed E-state index contributed by atoms with van der Waals surface area (Å²) in [6, 6.07) is 14.0. The molecule has 0 saturated carbocycles. The number of benzene rings is 2. The molecule has 0 bridgehead atoms. The molecule has 4 rings (SSSR count).